The molecule has 0 bridgehead atoms. The SMILES string of the molecule is CCCCCCCCCCCC(=O)OS(=O)(=O)CCO.[Na]. The molecule has 1 N–H and O–H groups in total. The van der Waals surface area contributed by atoms with E-state index in [9.17, 15) is 13.2 Å². The summed E-state index contributed by atoms with van der Waals surface area (Å²) in [4.78, 5) is 11.3. The molecule has 0 fully saturated rings. The average molecular weight is 331 g/mol. The van der Waals surface area contributed by atoms with Crippen molar-refractivity contribution < 1.29 is 22.5 Å². The Bertz CT molecular complexity index is 343. The van der Waals surface area contributed by atoms with Crippen molar-refractivity contribution in [2.75, 3.05) is 12.4 Å². The summed E-state index contributed by atoms with van der Waals surface area (Å²) in [5, 5.41) is 8.49. The van der Waals surface area contributed by atoms with E-state index in [1.807, 2.05) is 0 Å². The smallest absolute Gasteiger partial charge is 0.322 e. The van der Waals surface area contributed by atoms with Gasteiger partial charge in [0, 0.05) is 36.0 Å². The van der Waals surface area contributed by atoms with Crippen LogP contribution in [-0.4, -0.2) is 61.4 Å². The number of aliphatic hydroxyl groups excluding tert-OH is 1. The third kappa shape index (κ3) is 16.6. The zero-order valence-corrected chi connectivity index (χ0v) is 16.3. The van der Waals surface area contributed by atoms with Crippen LogP contribution in [0.4, 0.5) is 0 Å². The van der Waals surface area contributed by atoms with Gasteiger partial charge in [0.15, 0.2) is 0 Å². The first-order valence-corrected chi connectivity index (χ1v) is 9.15. The predicted octanol–water partition coefficient (Wildman–Crippen LogP) is 2.39. The Hall–Kier alpha value is 0.380. The standard InChI is InChI=1S/C14H28O5S.Na/c1-2-3-4-5-6-7-8-9-10-11-14(16)19-20(17,18)13-12-15;/h15H,2-13H2,1H3;. The van der Waals surface area contributed by atoms with Crippen LogP contribution >= 0.6 is 0 Å². The molecule has 0 saturated carbocycles. The first-order valence-electron chi connectivity index (χ1n) is 7.57. The molecule has 0 unspecified atom stereocenters. The van der Waals surface area contributed by atoms with Crippen LogP contribution < -0.4 is 0 Å². The molecule has 0 saturated heterocycles. The predicted molar refractivity (Wildman–Crippen MR) is 84.6 cm³/mol. The first-order chi connectivity index (χ1) is 9.52. The molecule has 0 aromatic carbocycles. The Morgan fingerprint density at radius 1 is 0.952 bits per heavy atom. The molecular weight excluding hydrogens is 303 g/mol. The summed E-state index contributed by atoms with van der Waals surface area (Å²) in [6.07, 6.45) is 10.3. The van der Waals surface area contributed by atoms with Gasteiger partial charge in [-0.15, -0.1) is 0 Å². The second-order valence-electron chi connectivity index (χ2n) is 5.02. The van der Waals surface area contributed by atoms with Gasteiger partial charge in [-0.2, -0.15) is 8.42 Å². The Morgan fingerprint density at radius 3 is 1.90 bits per heavy atom. The third-order valence-corrected chi connectivity index (χ3v) is 4.17. The maximum atomic E-state index is 11.3. The van der Waals surface area contributed by atoms with E-state index in [2.05, 4.69) is 11.1 Å². The van der Waals surface area contributed by atoms with Gasteiger partial charge in [0.25, 0.3) is 0 Å². The van der Waals surface area contributed by atoms with Crippen molar-refractivity contribution in [2.24, 2.45) is 0 Å². The summed E-state index contributed by atoms with van der Waals surface area (Å²) < 4.78 is 26.5. The number of aliphatic hydroxyl groups is 1. The van der Waals surface area contributed by atoms with Crippen molar-refractivity contribution in [2.45, 2.75) is 71.1 Å². The molecule has 0 heterocycles. The van der Waals surface area contributed by atoms with E-state index in [0.29, 0.717) is 6.42 Å². The quantitative estimate of drug-likeness (QED) is 0.318. The molecule has 121 valence electrons. The van der Waals surface area contributed by atoms with Crippen molar-refractivity contribution in [1.29, 1.82) is 0 Å². The molecule has 0 aromatic heterocycles. The van der Waals surface area contributed by atoms with E-state index in [1.54, 1.807) is 0 Å². The molecule has 0 amide bonds. The van der Waals surface area contributed by atoms with Crippen LogP contribution in [0.5, 0.6) is 0 Å². The van der Waals surface area contributed by atoms with Crippen LogP contribution in [-0.2, 0) is 19.1 Å². The minimum atomic E-state index is -3.89. The van der Waals surface area contributed by atoms with E-state index < -0.39 is 28.4 Å². The summed E-state index contributed by atoms with van der Waals surface area (Å²) in [5.41, 5.74) is 0. The molecule has 21 heavy (non-hydrogen) atoms. The van der Waals surface area contributed by atoms with E-state index in [1.165, 1.54) is 38.5 Å². The van der Waals surface area contributed by atoms with Gasteiger partial charge < -0.3 is 9.29 Å². The fourth-order valence-electron chi connectivity index (χ4n) is 1.92. The van der Waals surface area contributed by atoms with E-state index >= 15 is 0 Å². The zero-order valence-electron chi connectivity index (χ0n) is 13.5. The molecule has 5 nitrogen and oxygen atoms in total. The molecule has 0 aliphatic carbocycles. The second-order valence-corrected chi connectivity index (χ2v) is 6.71. The molecule has 0 aliphatic heterocycles. The van der Waals surface area contributed by atoms with Crippen LogP contribution in [0.3, 0.4) is 0 Å². The number of carbonyl (C=O) groups excluding carboxylic acids is 1. The van der Waals surface area contributed by atoms with Crippen molar-refractivity contribution >= 4 is 45.6 Å². The number of unbranched alkanes of at least 4 members (excludes halogenated alkanes) is 8. The Morgan fingerprint density at radius 2 is 1.43 bits per heavy atom. The maximum Gasteiger partial charge on any atom is 0.322 e. The van der Waals surface area contributed by atoms with Crippen molar-refractivity contribution in [1.82, 2.24) is 0 Å². The molecule has 0 spiro atoms. The molecular formula is C14H28NaO5S. The summed E-state index contributed by atoms with van der Waals surface area (Å²) >= 11 is 0. The number of hydrogen-bond acceptors (Lipinski definition) is 5. The van der Waals surface area contributed by atoms with Crippen LogP contribution in [0, 0.1) is 0 Å². The molecule has 0 atom stereocenters. The minimum absolute atomic E-state index is 0. The number of hydrogen-bond donors (Lipinski definition) is 1. The molecule has 0 aromatic rings. The third-order valence-electron chi connectivity index (χ3n) is 3.05. The Labute approximate surface area is 151 Å². The maximum absolute atomic E-state index is 11.3. The van der Waals surface area contributed by atoms with Crippen LogP contribution in [0.1, 0.15) is 71.1 Å². The fraction of sp³-hybridized carbons (Fsp3) is 0.929. The zero-order chi connectivity index (χ0) is 15.3. The largest absolute Gasteiger partial charge is 0.395 e. The Kier molecular flexibility index (Phi) is 17.2. The Balaban J connectivity index is 0. The average Bonchev–Trinajstić information content (AvgIpc) is 2.36. The molecule has 0 aliphatic rings. The monoisotopic (exact) mass is 331 g/mol. The van der Waals surface area contributed by atoms with E-state index in [0.717, 1.165) is 12.8 Å². The van der Waals surface area contributed by atoms with Crippen LogP contribution in [0.15, 0.2) is 0 Å². The van der Waals surface area contributed by atoms with Crippen molar-refractivity contribution in [3.8, 4) is 0 Å². The summed E-state index contributed by atoms with van der Waals surface area (Å²) in [5.74, 6) is -1.25. The molecule has 0 rings (SSSR count). The normalized spacial score (nSPS) is 11.0. The van der Waals surface area contributed by atoms with E-state index in [-0.39, 0.29) is 36.0 Å². The fourth-order valence-corrected chi connectivity index (χ4v) is 2.59. The topological polar surface area (TPSA) is 80.7 Å². The van der Waals surface area contributed by atoms with Crippen LogP contribution in [0.25, 0.3) is 0 Å². The minimum Gasteiger partial charge on any atom is -0.395 e. The van der Waals surface area contributed by atoms with Crippen molar-refractivity contribution in [3.05, 3.63) is 0 Å². The first kappa shape index (κ1) is 23.6. The van der Waals surface area contributed by atoms with Crippen molar-refractivity contribution in [3.63, 3.8) is 0 Å². The second kappa shape index (κ2) is 15.3. The number of rotatable bonds is 13. The van der Waals surface area contributed by atoms with Gasteiger partial charge in [-0.1, -0.05) is 58.3 Å². The van der Waals surface area contributed by atoms with Gasteiger partial charge in [-0.25, -0.2) is 0 Å². The van der Waals surface area contributed by atoms with Gasteiger partial charge in [-0.3, -0.25) is 4.79 Å². The van der Waals surface area contributed by atoms with Gasteiger partial charge in [-0.05, 0) is 6.42 Å². The summed E-state index contributed by atoms with van der Waals surface area (Å²) in [7, 11) is -3.89. The van der Waals surface area contributed by atoms with Crippen LogP contribution in [0.2, 0.25) is 0 Å². The summed E-state index contributed by atoms with van der Waals surface area (Å²) in [6.45, 7) is 1.66. The molecule has 7 heteroatoms. The van der Waals surface area contributed by atoms with E-state index in [4.69, 9.17) is 5.11 Å². The van der Waals surface area contributed by atoms with Gasteiger partial charge in [0.2, 0.25) is 0 Å². The van der Waals surface area contributed by atoms with Gasteiger partial charge >= 0.3 is 16.1 Å². The number of carbonyl (C=O) groups is 1. The molecule has 1 radical (unpaired) electrons. The van der Waals surface area contributed by atoms with Gasteiger partial charge in [0.1, 0.15) is 5.75 Å². The summed E-state index contributed by atoms with van der Waals surface area (Å²) in [6, 6.07) is 0. The van der Waals surface area contributed by atoms with Gasteiger partial charge in [0.05, 0.1) is 6.61 Å².